The second kappa shape index (κ2) is 9.01. The molecule has 3 aromatic rings. The van der Waals surface area contributed by atoms with Gasteiger partial charge in [-0.1, -0.05) is 48.5 Å². The van der Waals surface area contributed by atoms with Gasteiger partial charge < -0.3 is 15.2 Å². The van der Waals surface area contributed by atoms with Crippen LogP contribution < -0.4 is 10.6 Å². The molecular weight excluding hydrogens is 436 g/mol. The van der Waals surface area contributed by atoms with Crippen LogP contribution in [0.15, 0.2) is 54.6 Å². The number of hydrogen-bond donors (Lipinski definition) is 4. The fourth-order valence-corrected chi connectivity index (χ4v) is 4.84. The number of fused-ring (bicyclic) bond motifs is 3. The summed E-state index contributed by atoms with van der Waals surface area (Å²) in [7, 11) is 0. The molecule has 9 heteroatoms. The third kappa shape index (κ3) is 4.24. The Morgan fingerprint density at radius 2 is 1.71 bits per heavy atom. The lowest BCUT2D eigenvalue weighted by Gasteiger charge is -2.14. The van der Waals surface area contributed by atoms with Crippen LogP contribution in [0.1, 0.15) is 46.8 Å². The van der Waals surface area contributed by atoms with Gasteiger partial charge in [0.1, 0.15) is 12.3 Å². The number of carboxylic acids is 1. The summed E-state index contributed by atoms with van der Waals surface area (Å²) in [4.78, 5) is 35.9. The van der Waals surface area contributed by atoms with Crippen LogP contribution >= 0.6 is 0 Å². The molecule has 0 saturated heterocycles. The number of carbonyl (C=O) groups excluding carboxylic acids is 2. The molecule has 1 aromatic heterocycles. The van der Waals surface area contributed by atoms with Crippen LogP contribution in [0, 0.1) is 5.92 Å². The maximum absolute atomic E-state index is 12.4. The highest BCUT2D eigenvalue weighted by Crippen LogP contribution is 2.44. The van der Waals surface area contributed by atoms with Gasteiger partial charge in [0.25, 0.3) is 5.91 Å². The Hall–Kier alpha value is -4.14. The zero-order valence-electron chi connectivity index (χ0n) is 18.3. The SMILES string of the molecule is O=C(Nc1cc(C(=O)N[C@H]2CC[C@@H](C(=O)O)C2)[nH]n1)OCC1c2ccccc2-c2ccccc21. The second-order valence-corrected chi connectivity index (χ2v) is 8.64. The van der Waals surface area contributed by atoms with Crippen molar-refractivity contribution >= 4 is 23.8 Å². The molecule has 0 radical (unpaired) electrons. The summed E-state index contributed by atoms with van der Waals surface area (Å²) in [5, 5.41) is 21.0. The van der Waals surface area contributed by atoms with Gasteiger partial charge in [-0.25, -0.2) is 4.79 Å². The van der Waals surface area contributed by atoms with Crippen LogP contribution in [-0.4, -0.2) is 45.9 Å². The second-order valence-electron chi connectivity index (χ2n) is 8.64. The fraction of sp³-hybridized carbons (Fsp3) is 0.280. The number of hydrogen-bond acceptors (Lipinski definition) is 5. The fourth-order valence-electron chi connectivity index (χ4n) is 4.84. The number of carboxylic acid groups (broad SMARTS) is 1. The van der Waals surface area contributed by atoms with Crippen LogP contribution in [-0.2, 0) is 9.53 Å². The van der Waals surface area contributed by atoms with Gasteiger partial charge in [0.15, 0.2) is 5.82 Å². The summed E-state index contributed by atoms with van der Waals surface area (Å²) >= 11 is 0. The zero-order chi connectivity index (χ0) is 23.7. The minimum atomic E-state index is -0.840. The standard InChI is InChI=1S/C25H24N4O5/c30-23(26-15-10-9-14(11-15)24(31)32)21-12-22(29-28-21)27-25(33)34-13-20-18-7-3-1-5-16(18)17-6-2-4-8-19(17)20/h1-8,12,14-15,20H,9-11,13H2,(H,26,30)(H,31,32)(H2,27,28,29,33)/t14-,15+/m1/s1. The summed E-state index contributed by atoms with van der Waals surface area (Å²) in [6.07, 6.45) is 0.889. The molecule has 1 heterocycles. The van der Waals surface area contributed by atoms with Gasteiger partial charge in [-0.3, -0.25) is 20.0 Å². The van der Waals surface area contributed by atoms with E-state index in [2.05, 4.69) is 33.0 Å². The number of H-pyrrole nitrogens is 1. The van der Waals surface area contributed by atoms with Gasteiger partial charge in [-0.15, -0.1) is 0 Å². The lowest BCUT2D eigenvalue weighted by molar-refractivity contribution is -0.141. The number of aromatic nitrogens is 2. The van der Waals surface area contributed by atoms with E-state index in [1.54, 1.807) is 0 Å². The number of anilines is 1. The van der Waals surface area contributed by atoms with E-state index < -0.39 is 23.9 Å². The van der Waals surface area contributed by atoms with Crippen LogP contribution in [0.3, 0.4) is 0 Å². The number of nitrogens with one attached hydrogen (secondary N) is 3. The Morgan fingerprint density at radius 1 is 1.03 bits per heavy atom. The van der Waals surface area contributed by atoms with Crippen molar-refractivity contribution in [3.8, 4) is 11.1 Å². The molecule has 0 unspecified atom stereocenters. The molecule has 174 valence electrons. The number of carbonyl (C=O) groups is 3. The molecule has 0 bridgehead atoms. The first kappa shape index (κ1) is 21.7. The van der Waals surface area contributed by atoms with E-state index in [0.29, 0.717) is 19.3 Å². The van der Waals surface area contributed by atoms with Crippen molar-refractivity contribution in [1.29, 1.82) is 0 Å². The van der Waals surface area contributed by atoms with Crippen molar-refractivity contribution in [3.05, 3.63) is 71.4 Å². The molecule has 1 fully saturated rings. The number of aliphatic carboxylic acids is 1. The largest absolute Gasteiger partial charge is 0.481 e. The molecule has 9 nitrogen and oxygen atoms in total. The van der Waals surface area contributed by atoms with Crippen molar-refractivity contribution in [2.75, 3.05) is 11.9 Å². The van der Waals surface area contributed by atoms with Crippen LogP contribution in [0.4, 0.5) is 10.6 Å². The van der Waals surface area contributed by atoms with E-state index in [-0.39, 0.29) is 30.1 Å². The van der Waals surface area contributed by atoms with Gasteiger partial charge in [0, 0.05) is 18.0 Å². The molecule has 2 aliphatic carbocycles. The molecule has 5 rings (SSSR count). The monoisotopic (exact) mass is 460 g/mol. The van der Waals surface area contributed by atoms with Gasteiger partial charge in [0.05, 0.1) is 5.92 Å². The van der Waals surface area contributed by atoms with Crippen molar-refractivity contribution < 1.29 is 24.2 Å². The van der Waals surface area contributed by atoms with E-state index >= 15 is 0 Å². The first-order chi connectivity index (χ1) is 16.5. The van der Waals surface area contributed by atoms with E-state index in [1.807, 2.05) is 36.4 Å². The number of rotatable bonds is 6. The molecule has 0 spiro atoms. The molecule has 4 N–H and O–H groups in total. The average molecular weight is 460 g/mol. The number of benzene rings is 2. The number of nitrogens with zero attached hydrogens (tertiary/aromatic N) is 1. The van der Waals surface area contributed by atoms with Crippen LogP contribution in [0.5, 0.6) is 0 Å². The Bertz CT molecular complexity index is 1210. The summed E-state index contributed by atoms with van der Waals surface area (Å²) in [5.41, 5.74) is 4.70. The summed E-state index contributed by atoms with van der Waals surface area (Å²) in [6.45, 7) is 0.171. The summed E-state index contributed by atoms with van der Waals surface area (Å²) in [6, 6.07) is 17.4. The normalized spacial score (nSPS) is 18.7. The van der Waals surface area contributed by atoms with E-state index in [9.17, 15) is 14.4 Å². The predicted molar refractivity (Wildman–Crippen MR) is 124 cm³/mol. The lowest BCUT2D eigenvalue weighted by Crippen LogP contribution is -2.33. The number of aromatic amines is 1. The molecule has 2 aliphatic rings. The van der Waals surface area contributed by atoms with Crippen LogP contribution in [0.2, 0.25) is 0 Å². The molecule has 2 atom stereocenters. The highest BCUT2D eigenvalue weighted by molar-refractivity contribution is 5.94. The molecular formula is C25H24N4O5. The van der Waals surface area contributed by atoms with Crippen molar-refractivity contribution in [2.45, 2.75) is 31.2 Å². The molecule has 34 heavy (non-hydrogen) atoms. The average Bonchev–Trinajstić information content (AvgIpc) is 3.56. The first-order valence-electron chi connectivity index (χ1n) is 11.2. The third-order valence-electron chi connectivity index (χ3n) is 6.51. The summed E-state index contributed by atoms with van der Waals surface area (Å²) in [5.74, 6) is -1.56. The topological polar surface area (TPSA) is 133 Å². The minimum Gasteiger partial charge on any atom is -0.481 e. The van der Waals surface area contributed by atoms with Gasteiger partial charge in [-0.2, -0.15) is 5.10 Å². The van der Waals surface area contributed by atoms with E-state index in [4.69, 9.17) is 9.84 Å². The maximum Gasteiger partial charge on any atom is 0.412 e. The van der Waals surface area contributed by atoms with Crippen LogP contribution in [0.25, 0.3) is 11.1 Å². The Kier molecular flexibility index (Phi) is 5.75. The number of ether oxygens (including phenoxy) is 1. The smallest absolute Gasteiger partial charge is 0.412 e. The molecule has 1 saturated carbocycles. The maximum atomic E-state index is 12.4. The molecule has 2 aromatic carbocycles. The minimum absolute atomic E-state index is 0.0558. The third-order valence-corrected chi connectivity index (χ3v) is 6.51. The van der Waals surface area contributed by atoms with E-state index in [1.165, 1.54) is 6.07 Å². The van der Waals surface area contributed by atoms with E-state index in [0.717, 1.165) is 22.3 Å². The Morgan fingerprint density at radius 3 is 2.35 bits per heavy atom. The highest BCUT2D eigenvalue weighted by Gasteiger charge is 2.31. The molecule has 0 aliphatic heterocycles. The Balaban J connectivity index is 1.17. The highest BCUT2D eigenvalue weighted by atomic mass is 16.5. The van der Waals surface area contributed by atoms with Crippen molar-refractivity contribution in [1.82, 2.24) is 15.5 Å². The lowest BCUT2D eigenvalue weighted by atomic mass is 9.98. The van der Waals surface area contributed by atoms with Gasteiger partial charge >= 0.3 is 12.1 Å². The predicted octanol–water partition coefficient (Wildman–Crippen LogP) is 3.75. The van der Waals surface area contributed by atoms with Crippen molar-refractivity contribution in [3.63, 3.8) is 0 Å². The zero-order valence-corrected chi connectivity index (χ0v) is 18.3. The Labute approximate surface area is 195 Å². The number of amides is 2. The summed E-state index contributed by atoms with van der Waals surface area (Å²) < 4.78 is 5.50. The van der Waals surface area contributed by atoms with Gasteiger partial charge in [-0.05, 0) is 41.5 Å². The quantitative estimate of drug-likeness (QED) is 0.443. The first-order valence-corrected chi connectivity index (χ1v) is 11.2. The van der Waals surface area contributed by atoms with Crippen molar-refractivity contribution in [2.24, 2.45) is 5.92 Å². The molecule has 2 amide bonds. The van der Waals surface area contributed by atoms with Gasteiger partial charge in [0.2, 0.25) is 0 Å².